The van der Waals surface area contributed by atoms with Crippen molar-refractivity contribution in [3.05, 3.63) is 11.3 Å². The van der Waals surface area contributed by atoms with E-state index in [9.17, 15) is 9.59 Å². The molecule has 0 spiro atoms. The zero-order valence-corrected chi connectivity index (χ0v) is 17.2. The van der Waals surface area contributed by atoms with Crippen LogP contribution in [0.4, 0.5) is 0 Å². The van der Waals surface area contributed by atoms with Gasteiger partial charge in [0.15, 0.2) is 0 Å². The molecule has 0 bridgehead atoms. The van der Waals surface area contributed by atoms with E-state index in [-0.39, 0.29) is 17.0 Å². The minimum Gasteiger partial charge on any atom is -0.456 e. The highest BCUT2D eigenvalue weighted by molar-refractivity contribution is 8.01. The molecule has 1 saturated heterocycles. The van der Waals surface area contributed by atoms with Crippen molar-refractivity contribution in [2.24, 2.45) is 12.8 Å². The third-order valence-electron chi connectivity index (χ3n) is 3.61. The van der Waals surface area contributed by atoms with Crippen molar-refractivity contribution in [2.75, 3.05) is 18.1 Å². The second-order valence-corrected chi connectivity index (χ2v) is 10.0. The minimum absolute atomic E-state index is 0.150. The molecule has 3 heterocycles. The molecule has 0 radical (unpaired) electrons. The quantitative estimate of drug-likeness (QED) is 0.294. The fourth-order valence-corrected chi connectivity index (χ4v) is 4.84. The number of alkyl halides is 3. The van der Waals surface area contributed by atoms with Gasteiger partial charge in [-0.2, -0.15) is 0 Å². The molecule has 0 saturated carbocycles. The van der Waals surface area contributed by atoms with Crippen LogP contribution in [-0.2, 0) is 21.4 Å². The molecular weight excluding hydrogens is 447 g/mol. The van der Waals surface area contributed by atoms with Gasteiger partial charge in [0.25, 0.3) is 0 Å². The number of β-lactam (4-membered cyclic amide) rings is 1. The lowest BCUT2D eigenvalue weighted by atomic mass is 10.0. The number of hydrogen-bond acceptors (Lipinski definition) is 9. The van der Waals surface area contributed by atoms with E-state index in [1.165, 1.54) is 33.1 Å². The lowest BCUT2D eigenvalue weighted by Crippen LogP contribution is -2.68. The summed E-state index contributed by atoms with van der Waals surface area (Å²) in [6.07, 6.45) is 0. The van der Waals surface area contributed by atoms with Gasteiger partial charge < -0.3 is 10.5 Å². The lowest BCUT2D eigenvalue weighted by Gasteiger charge is -2.48. The molecule has 26 heavy (non-hydrogen) atoms. The number of thioether (sulfide) groups is 2. The number of carbonyl (C=O) groups is 2. The Hall–Kier alpha value is -0.720. The first kappa shape index (κ1) is 20.0. The summed E-state index contributed by atoms with van der Waals surface area (Å²) in [6, 6.07) is -0.645. The maximum Gasteiger partial charge on any atom is 0.355 e. The number of nitrogens with two attached hydrogens (primary N) is 1. The molecule has 1 aromatic rings. The van der Waals surface area contributed by atoms with Crippen LogP contribution in [0.15, 0.2) is 16.4 Å². The Balaban J connectivity index is 1.82. The average molecular weight is 460 g/mol. The SMILES string of the molecule is Cn1nnnc1SCC1=C(C(=O)OCC(Cl)(Cl)Cl)N2C(=O)C(N)[C@H]2SC1. The zero-order valence-electron chi connectivity index (χ0n) is 13.3. The number of aryl methyl sites for hydroxylation is 1. The van der Waals surface area contributed by atoms with Gasteiger partial charge in [-0.3, -0.25) is 9.69 Å². The Kier molecular flexibility index (Phi) is 5.95. The normalized spacial score (nSPS) is 23.0. The molecule has 2 aliphatic rings. The average Bonchev–Trinajstić information content (AvgIpc) is 3.00. The maximum absolute atomic E-state index is 12.6. The third-order valence-corrected chi connectivity index (χ3v) is 6.39. The van der Waals surface area contributed by atoms with Gasteiger partial charge in [-0.05, 0) is 16.0 Å². The Morgan fingerprint density at radius 3 is 2.85 bits per heavy atom. The van der Waals surface area contributed by atoms with E-state index < -0.39 is 22.4 Å². The Bertz CT molecular complexity index is 768. The lowest BCUT2D eigenvalue weighted by molar-refractivity contribution is -0.150. The van der Waals surface area contributed by atoms with Crippen molar-refractivity contribution in [1.82, 2.24) is 25.1 Å². The second kappa shape index (κ2) is 7.72. The molecule has 0 aliphatic carbocycles. The van der Waals surface area contributed by atoms with Gasteiger partial charge in [0.05, 0.1) is 0 Å². The summed E-state index contributed by atoms with van der Waals surface area (Å²) in [6.45, 7) is -0.431. The van der Waals surface area contributed by atoms with Crippen molar-refractivity contribution in [2.45, 2.75) is 20.4 Å². The maximum atomic E-state index is 12.6. The first-order valence-electron chi connectivity index (χ1n) is 7.20. The minimum atomic E-state index is -1.74. The van der Waals surface area contributed by atoms with Crippen molar-refractivity contribution >= 4 is 70.2 Å². The highest BCUT2D eigenvalue weighted by Crippen LogP contribution is 2.41. The van der Waals surface area contributed by atoms with Gasteiger partial charge in [0, 0.05) is 18.6 Å². The van der Waals surface area contributed by atoms with Crippen LogP contribution in [-0.4, -0.2) is 70.3 Å². The molecule has 2 N–H and O–H groups in total. The second-order valence-electron chi connectivity index (χ2n) is 5.45. The van der Waals surface area contributed by atoms with Gasteiger partial charge in [-0.1, -0.05) is 46.6 Å². The van der Waals surface area contributed by atoms with Crippen LogP contribution >= 0.6 is 58.3 Å². The first-order chi connectivity index (χ1) is 12.2. The standard InChI is InChI=1S/C12H13Cl3N6O3S2/c1-20-11(17-18-19-20)26-3-5-2-25-9-6(16)8(22)21(9)7(5)10(23)24-4-12(13,14)15/h6,9H,2-4,16H2,1H3/t6?,9-/m1/s1. The summed E-state index contributed by atoms with van der Waals surface area (Å²) in [7, 11) is 1.70. The molecule has 0 aromatic carbocycles. The number of fused-ring (bicyclic) bond motifs is 1. The third kappa shape index (κ3) is 4.07. The summed E-state index contributed by atoms with van der Waals surface area (Å²) in [5.41, 5.74) is 6.67. The summed E-state index contributed by atoms with van der Waals surface area (Å²) < 4.78 is 4.85. The Labute approximate surface area is 171 Å². The van der Waals surface area contributed by atoms with Crippen LogP contribution in [0.1, 0.15) is 0 Å². The van der Waals surface area contributed by atoms with Crippen molar-refractivity contribution < 1.29 is 14.3 Å². The van der Waals surface area contributed by atoms with Crippen LogP contribution in [0, 0.1) is 0 Å². The van der Waals surface area contributed by atoms with Crippen molar-refractivity contribution in [1.29, 1.82) is 0 Å². The smallest absolute Gasteiger partial charge is 0.355 e. The summed E-state index contributed by atoms with van der Waals surface area (Å²) in [5, 5.41) is 11.5. The van der Waals surface area contributed by atoms with Crippen LogP contribution < -0.4 is 5.73 Å². The predicted molar refractivity (Wildman–Crippen MR) is 98.9 cm³/mol. The fraction of sp³-hybridized carbons (Fsp3) is 0.583. The summed E-state index contributed by atoms with van der Waals surface area (Å²) in [5.74, 6) is -0.163. The van der Waals surface area contributed by atoms with Gasteiger partial charge in [0.1, 0.15) is 23.7 Å². The molecular formula is C12H13Cl3N6O3S2. The van der Waals surface area contributed by atoms with Crippen molar-refractivity contribution in [3.8, 4) is 0 Å². The van der Waals surface area contributed by atoms with Gasteiger partial charge in [-0.25, -0.2) is 9.48 Å². The number of halogens is 3. The van der Waals surface area contributed by atoms with Gasteiger partial charge in [-0.15, -0.1) is 16.9 Å². The Morgan fingerprint density at radius 2 is 2.23 bits per heavy atom. The number of rotatable bonds is 5. The molecule has 142 valence electrons. The molecule has 1 unspecified atom stereocenters. The molecule has 3 rings (SSSR count). The molecule has 2 aliphatic heterocycles. The van der Waals surface area contributed by atoms with E-state index in [2.05, 4.69) is 15.5 Å². The first-order valence-corrected chi connectivity index (χ1v) is 10.4. The predicted octanol–water partition coefficient (Wildman–Crippen LogP) is 0.712. The number of hydrogen-bond donors (Lipinski definition) is 1. The van der Waals surface area contributed by atoms with Crippen LogP contribution in [0.25, 0.3) is 0 Å². The largest absolute Gasteiger partial charge is 0.456 e. The molecule has 1 fully saturated rings. The number of amides is 1. The molecule has 1 amide bonds. The van der Waals surface area contributed by atoms with E-state index in [1.54, 1.807) is 7.05 Å². The van der Waals surface area contributed by atoms with Gasteiger partial charge in [0.2, 0.25) is 14.9 Å². The highest BCUT2D eigenvalue weighted by Gasteiger charge is 2.52. The number of esters is 1. The van der Waals surface area contributed by atoms with Crippen LogP contribution in [0.5, 0.6) is 0 Å². The fourth-order valence-electron chi connectivity index (χ4n) is 2.39. The summed E-state index contributed by atoms with van der Waals surface area (Å²) >= 11 is 19.7. The Morgan fingerprint density at radius 1 is 1.50 bits per heavy atom. The van der Waals surface area contributed by atoms with Gasteiger partial charge >= 0.3 is 5.97 Å². The number of nitrogens with zero attached hydrogens (tertiary/aromatic N) is 5. The number of tetrazole rings is 1. The number of carbonyl (C=O) groups excluding carboxylic acids is 2. The van der Waals surface area contributed by atoms with Crippen molar-refractivity contribution in [3.63, 3.8) is 0 Å². The van der Waals surface area contributed by atoms with E-state index >= 15 is 0 Å². The molecule has 1 aromatic heterocycles. The van der Waals surface area contributed by atoms with Crippen LogP contribution in [0.2, 0.25) is 0 Å². The molecule has 9 nitrogen and oxygen atoms in total. The van der Waals surface area contributed by atoms with E-state index in [1.807, 2.05) is 0 Å². The number of ether oxygens (including phenoxy) is 1. The van der Waals surface area contributed by atoms with Crippen LogP contribution in [0.3, 0.4) is 0 Å². The number of aromatic nitrogens is 4. The highest BCUT2D eigenvalue weighted by atomic mass is 35.6. The monoisotopic (exact) mass is 458 g/mol. The molecule has 14 heteroatoms. The topological polar surface area (TPSA) is 116 Å². The molecule has 2 atom stereocenters. The zero-order chi connectivity index (χ0) is 19.1. The van der Waals surface area contributed by atoms with E-state index in [0.717, 1.165) is 0 Å². The van der Waals surface area contributed by atoms with E-state index in [4.69, 9.17) is 45.3 Å². The summed E-state index contributed by atoms with van der Waals surface area (Å²) in [4.78, 5) is 26.1. The van der Waals surface area contributed by atoms with E-state index in [0.29, 0.717) is 22.2 Å².